The number of amides is 1. The molecule has 1 aromatic carbocycles. The number of nitrogens with one attached hydrogen (secondary N) is 2. The van der Waals surface area contributed by atoms with Gasteiger partial charge in [-0.2, -0.15) is 5.10 Å². The van der Waals surface area contributed by atoms with Gasteiger partial charge in [-0.1, -0.05) is 24.3 Å². The first-order valence-corrected chi connectivity index (χ1v) is 6.87. The van der Waals surface area contributed by atoms with Crippen molar-refractivity contribution < 1.29 is 9.53 Å². The Morgan fingerprint density at radius 1 is 1.24 bits per heavy atom. The minimum Gasteiger partial charge on any atom is -0.444 e. The number of carbonyl (C=O) groups is 1. The lowest BCUT2D eigenvalue weighted by Gasteiger charge is -2.19. The molecule has 2 N–H and O–H groups in total. The van der Waals surface area contributed by atoms with Crippen LogP contribution in [0.25, 0.3) is 10.8 Å². The zero-order valence-corrected chi connectivity index (χ0v) is 12.5. The van der Waals surface area contributed by atoms with E-state index in [9.17, 15) is 4.79 Å². The SMILES string of the molecule is CC(C)(C)OC(=O)NCCNc1nncc2ccccc12. The van der Waals surface area contributed by atoms with Crippen molar-refractivity contribution in [3.63, 3.8) is 0 Å². The van der Waals surface area contributed by atoms with Gasteiger partial charge in [0.25, 0.3) is 0 Å². The summed E-state index contributed by atoms with van der Waals surface area (Å²) in [6.07, 6.45) is 1.30. The third-order valence-corrected chi connectivity index (χ3v) is 2.66. The summed E-state index contributed by atoms with van der Waals surface area (Å²) in [6.45, 7) is 6.48. The average molecular weight is 288 g/mol. The Balaban J connectivity index is 1.84. The maximum Gasteiger partial charge on any atom is 0.407 e. The van der Waals surface area contributed by atoms with Crippen LogP contribution < -0.4 is 10.6 Å². The minimum atomic E-state index is -0.487. The van der Waals surface area contributed by atoms with E-state index in [1.807, 2.05) is 45.0 Å². The van der Waals surface area contributed by atoms with Crippen LogP contribution in [0.1, 0.15) is 20.8 Å². The first-order chi connectivity index (χ1) is 9.96. The second kappa shape index (κ2) is 6.39. The fraction of sp³-hybridized carbons (Fsp3) is 0.400. The van der Waals surface area contributed by atoms with Crippen LogP contribution in [0.4, 0.5) is 10.6 Å². The van der Waals surface area contributed by atoms with E-state index in [0.717, 1.165) is 10.8 Å². The third kappa shape index (κ3) is 4.59. The van der Waals surface area contributed by atoms with Gasteiger partial charge in [-0.05, 0) is 20.8 Å². The molecule has 0 unspecified atom stereocenters. The molecule has 0 aliphatic carbocycles. The Morgan fingerprint density at radius 2 is 2.00 bits per heavy atom. The molecule has 6 heteroatoms. The van der Waals surface area contributed by atoms with Crippen LogP contribution in [0.5, 0.6) is 0 Å². The summed E-state index contributed by atoms with van der Waals surface area (Å²) in [5, 5.41) is 15.9. The van der Waals surface area contributed by atoms with Crippen molar-refractivity contribution >= 4 is 22.7 Å². The molecule has 0 radical (unpaired) electrons. The van der Waals surface area contributed by atoms with Crippen molar-refractivity contribution in [2.45, 2.75) is 26.4 Å². The number of carbonyl (C=O) groups excluding carboxylic acids is 1. The number of fused-ring (bicyclic) bond motifs is 1. The molecule has 1 heterocycles. The van der Waals surface area contributed by atoms with Gasteiger partial charge in [0.15, 0.2) is 5.82 Å². The molecular weight excluding hydrogens is 268 g/mol. The first-order valence-electron chi connectivity index (χ1n) is 6.87. The molecule has 2 rings (SSSR count). The summed E-state index contributed by atoms with van der Waals surface area (Å²) in [7, 11) is 0. The minimum absolute atomic E-state index is 0.423. The highest BCUT2D eigenvalue weighted by molar-refractivity contribution is 5.90. The molecule has 0 atom stereocenters. The fourth-order valence-electron chi connectivity index (χ4n) is 1.82. The lowest BCUT2D eigenvalue weighted by atomic mass is 10.2. The molecule has 0 aliphatic heterocycles. The van der Waals surface area contributed by atoms with E-state index < -0.39 is 11.7 Å². The van der Waals surface area contributed by atoms with Gasteiger partial charge in [0.2, 0.25) is 0 Å². The van der Waals surface area contributed by atoms with Gasteiger partial charge >= 0.3 is 6.09 Å². The van der Waals surface area contributed by atoms with Crippen LogP contribution in [-0.4, -0.2) is 35.0 Å². The van der Waals surface area contributed by atoms with Gasteiger partial charge in [-0.25, -0.2) is 4.79 Å². The zero-order valence-electron chi connectivity index (χ0n) is 12.5. The Morgan fingerprint density at radius 3 is 2.76 bits per heavy atom. The monoisotopic (exact) mass is 288 g/mol. The number of hydrogen-bond acceptors (Lipinski definition) is 5. The van der Waals surface area contributed by atoms with Gasteiger partial charge in [0, 0.05) is 23.9 Å². The Bertz CT molecular complexity index is 617. The van der Waals surface area contributed by atoms with E-state index in [-0.39, 0.29) is 0 Å². The Hall–Kier alpha value is -2.37. The zero-order chi connectivity index (χ0) is 15.3. The van der Waals surface area contributed by atoms with Crippen LogP contribution in [-0.2, 0) is 4.74 Å². The van der Waals surface area contributed by atoms with E-state index in [0.29, 0.717) is 18.9 Å². The lowest BCUT2D eigenvalue weighted by molar-refractivity contribution is 0.0530. The molecule has 6 nitrogen and oxygen atoms in total. The topological polar surface area (TPSA) is 76.1 Å². The number of nitrogens with zero attached hydrogens (tertiary/aromatic N) is 2. The van der Waals surface area contributed by atoms with E-state index in [2.05, 4.69) is 20.8 Å². The van der Waals surface area contributed by atoms with Gasteiger partial charge in [0.05, 0.1) is 6.20 Å². The van der Waals surface area contributed by atoms with Crippen LogP contribution in [0.15, 0.2) is 30.5 Å². The van der Waals surface area contributed by atoms with Crippen molar-refractivity contribution in [3.05, 3.63) is 30.5 Å². The highest BCUT2D eigenvalue weighted by Crippen LogP contribution is 2.18. The second-order valence-electron chi connectivity index (χ2n) is 5.64. The highest BCUT2D eigenvalue weighted by Gasteiger charge is 2.15. The van der Waals surface area contributed by atoms with E-state index in [4.69, 9.17) is 4.74 Å². The summed E-state index contributed by atoms with van der Waals surface area (Å²) in [6, 6.07) is 7.87. The van der Waals surface area contributed by atoms with E-state index in [1.165, 1.54) is 0 Å². The summed E-state index contributed by atoms with van der Waals surface area (Å²) >= 11 is 0. The molecule has 0 saturated carbocycles. The highest BCUT2D eigenvalue weighted by atomic mass is 16.6. The van der Waals surface area contributed by atoms with Crippen molar-refractivity contribution in [2.24, 2.45) is 0 Å². The van der Waals surface area contributed by atoms with Crippen LogP contribution in [0, 0.1) is 0 Å². The largest absolute Gasteiger partial charge is 0.444 e. The second-order valence-corrected chi connectivity index (χ2v) is 5.64. The number of alkyl carbamates (subject to hydrolysis) is 1. The van der Waals surface area contributed by atoms with Crippen LogP contribution >= 0.6 is 0 Å². The van der Waals surface area contributed by atoms with Gasteiger partial charge in [-0.15, -0.1) is 5.10 Å². The van der Waals surface area contributed by atoms with Crippen molar-refractivity contribution in [3.8, 4) is 0 Å². The lowest BCUT2D eigenvalue weighted by Crippen LogP contribution is -2.35. The standard InChI is InChI=1S/C15H20N4O2/c1-15(2,3)21-14(20)17-9-8-16-13-12-7-5-4-6-11(12)10-18-19-13/h4-7,10H,8-9H2,1-3H3,(H,16,19)(H,17,20). The Labute approximate surface area is 123 Å². The first kappa shape index (κ1) is 15.0. The molecule has 0 spiro atoms. The summed E-state index contributed by atoms with van der Waals surface area (Å²) in [4.78, 5) is 11.5. The molecule has 1 aromatic heterocycles. The van der Waals surface area contributed by atoms with Gasteiger partial charge in [-0.3, -0.25) is 0 Å². The summed E-state index contributed by atoms with van der Waals surface area (Å²) in [5.74, 6) is 0.707. The normalized spacial score (nSPS) is 11.2. The number of aromatic nitrogens is 2. The van der Waals surface area contributed by atoms with Gasteiger partial charge < -0.3 is 15.4 Å². The van der Waals surface area contributed by atoms with Gasteiger partial charge in [0.1, 0.15) is 5.60 Å². The summed E-state index contributed by atoms with van der Waals surface area (Å²) in [5.41, 5.74) is -0.487. The van der Waals surface area contributed by atoms with Crippen molar-refractivity contribution in [1.29, 1.82) is 0 Å². The van der Waals surface area contributed by atoms with Crippen molar-refractivity contribution in [2.75, 3.05) is 18.4 Å². The molecule has 0 fully saturated rings. The number of hydrogen-bond donors (Lipinski definition) is 2. The smallest absolute Gasteiger partial charge is 0.407 e. The third-order valence-electron chi connectivity index (χ3n) is 2.66. The van der Waals surface area contributed by atoms with E-state index in [1.54, 1.807) is 6.20 Å². The molecular formula is C15H20N4O2. The Kier molecular flexibility index (Phi) is 4.57. The molecule has 0 saturated heterocycles. The predicted molar refractivity (Wildman–Crippen MR) is 82.3 cm³/mol. The van der Waals surface area contributed by atoms with E-state index >= 15 is 0 Å². The molecule has 0 aliphatic rings. The number of rotatable bonds is 4. The molecule has 1 amide bonds. The van der Waals surface area contributed by atoms with Crippen LogP contribution in [0.2, 0.25) is 0 Å². The number of anilines is 1. The number of ether oxygens (including phenoxy) is 1. The molecule has 21 heavy (non-hydrogen) atoms. The predicted octanol–water partition coefficient (Wildman–Crippen LogP) is 2.57. The van der Waals surface area contributed by atoms with Crippen molar-refractivity contribution in [1.82, 2.24) is 15.5 Å². The average Bonchev–Trinajstić information content (AvgIpc) is 2.42. The quantitative estimate of drug-likeness (QED) is 0.846. The molecule has 112 valence electrons. The molecule has 0 bridgehead atoms. The maximum atomic E-state index is 11.5. The molecule has 2 aromatic rings. The van der Waals surface area contributed by atoms with Crippen LogP contribution in [0.3, 0.4) is 0 Å². The summed E-state index contributed by atoms with van der Waals surface area (Å²) < 4.78 is 5.15. The number of benzene rings is 1. The maximum absolute atomic E-state index is 11.5. The fourth-order valence-corrected chi connectivity index (χ4v) is 1.82.